The SMILES string of the molecule is CCOc1ccc(C(=O)N2CCC(NC(=O)c3ccc4ccccc4c3)CC2)cc1. The maximum atomic E-state index is 12.7. The fourth-order valence-corrected chi connectivity index (χ4v) is 3.87. The highest BCUT2D eigenvalue weighted by atomic mass is 16.5. The maximum absolute atomic E-state index is 12.7. The van der Waals surface area contributed by atoms with E-state index in [-0.39, 0.29) is 17.9 Å². The standard InChI is InChI=1S/C25H26N2O3/c1-2-30-23-11-9-19(10-12-23)25(29)27-15-13-22(14-16-27)26-24(28)21-8-7-18-5-3-4-6-20(18)17-21/h3-12,17,22H,2,13-16H2,1H3,(H,26,28). The number of ether oxygens (including phenoxy) is 1. The lowest BCUT2D eigenvalue weighted by Crippen LogP contribution is -2.46. The molecule has 1 N–H and O–H groups in total. The zero-order valence-corrected chi connectivity index (χ0v) is 17.1. The van der Waals surface area contributed by atoms with Crippen molar-refractivity contribution in [3.8, 4) is 5.75 Å². The highest BCUT2D eigenvalue weighted by Crippen LogP contribution is 2.19. The average Bonchev–Trinajstić information content (AvgIpc) is 2.79. The third-order valence-corrected chi connectivity index (χ3v) is 5.54. The van der Waals surface area contributed by atoms with E-state index in [4.69, 9.17) is 4.74 Å². The van der Waals surface area contributed by atoms with Crippen LogP contribution in [0, 0.1) is 0 Å². The van der Waals surface area contributed by atoms with Crippen LogP contribution >= 0.6 is 0 Å². The predicted molar refractivity (Wildman–Crippen MR) is 118 cm³/mol. The van der Waals surface area contributed by atoms with Crippen LogP contribution in [0.25, 0.3) is 10.8 Å². The number of carbonyl (C=O) groups is 2. The number of amides is 2. The van der Waals surface area contributed by atoms with Gasteiger partial charge in [0.25, 0.3) is 11.8 Å². The summed E-state index contributed by atoms with van der Waals surface area (Å²) in [7, 11) is 0. The van der Waals surface area contributed by atoms with Gasteiger partial charge in [0.05, 0.1) is 6.61 Å². The van der Waals surface area contributed by atoms with Crippen molar-refractivity contribution in [1.82, 2.24) is 10.2 Å². The van der Waals surface area contributed by atoms with Gasteiger partial charge in [-0.3, -0.25) is 9.59 Å². The van der Waals surface area contributed by atoms with Crippen LogP contribution in [0.1, 0.15) is 40.5 Å². The molecule has 2 amide bonds. The van der Waals surface area contributed by atoms with Crippen LogP contribution in [0.4, 0.5) is 0 Å². The van der Waals surface area contributed by atoms with Gasteiger partial charge in [0.2, 0.25) is 0 Å². The fraction of sp³-hybridized carbons (Fsp3) is 0.280. The Morgan fingerprint density at radius 1 is 0.933 bits per heavy atom. The lowest BCUT2D eigenvalue weighted by molar-refractivity contribution is 0.0698. The summed E-state index contributed by atoms with van der Waals surface area (Å²) < 4.78 is 5.43. The summed E-state index contributed by atoms with van der Waals surface area (Å²) in [6.45, 7) is 3.80. The van der Waals surface area contributed by atoms with Gasteiger partial charge in [-0.2, -0.15) is 0 Å². The third-order valence-electron chi connectivity index (χ3n) is 5.54. The van der Waals surface area contributed by atoms with E-state index in [1.807, 2.05) is 66.4 Å². The zero-order valence-electron chi connectivity index (χ0n) is 17.1. The zero-order chi connectivity index (χ0) is 20.9. The predicted octanol–water partition coefficient (Wildman–Crippen LogP) is 4.27. The van der Waals surface area contributed by atoms with Crippen LogP contribution in [0.5, 0.6) is 5.75 Å². The van der Waals surface area contributed by atoms with E-state index in [0.717, 1.165) is 29.4 Å². The maximum Gasteiger partial charge on any atom is 0.253 e. The van der Waals surface area contributed by atoms with E-state index in [2.05, 4.69) is 5.32 Å². The molecule has 1 aliphatic heterocycles. The number of hydrogen-bond acceptors (Lipinski definition) is 3. The van der Waals surface area contributed by atoms with Crippen molar-refractivity contribution >= 4 is 22.6 Å². The van der Waals surface area contributed by atoms with E-state index >= 15 is 0 Å². The van der Waals surface area contributed by atoms with Crippen molar-refractivity contribution in [3.63, 3.8) is 0 Å². The van der Waals surface area contributed by atoms with E-state index in [9.17, 15) is 9.59 Å². The van der Waals surface area contributed by atoms with Crippen LogP contribution in [0.2, 0.25) is 0 Å². The highest BCUT2D eigenvalue weighted by molar-refractivity contribution is 5.98. The first kappa shape index (κ1) is 20.0. The number of piperidine rings is 1. The normalized spacial score (nSPS) is 14.5. The molecule has 1 aliphatic rings. The minimum atomic E-state index is -0.0583. The van der Waals surface area contributed by atoms with Gasteiger partial charge in [0.1, 0.15) is 5.75 Å². The summed E-state index contributed by atoms with van der Waals surface area (Å²) in [6.07, 6.45) is 1.50. The Hall–Kier alpha value is -3.34. The van der Waals surface area contributed by atoms with Crippen LogP contribution in [0.15, 0.2) is 66.7 Å². The van der Waals surface area contributed by atoms with Gasteiger partial charge in [-0.15, -0.1) is 0 Å². The second kappa shape index (κ2) is 8.99. The number of carbonyl (C=O) groups excluding carboxylic acids is 2. The Morgan fingerprint density at radius 2 is 1.60 bits per heavy atom. The van der Waals surface area contributed by atoms with E-state index in [1.54, 1.807) is 12.1 Å². The molecule has 1 heterocycles. The number of nitrogens with zero attached hydrogens (tertiary/aromatic N) is 1. The van der Waals surface area contributed by atoms with Gasteiger partial charge < -0.3 is 15.0 Å². The van der Waals surface area contributed by atoms with E-state index in [0.29, 0.717) is 30.8 Å². The fourth-order valence-electron chi connectivity index (χ4n) is 3.87. The number of rotatable bonds is 5. The smallest absolute Gasteiger partial charge is 0.253 e. The molecule has 3 aromatic rings. The summed E-state index contributed by atoms with van der Waals surface area (Å²) in [6, 6.07) is 21.1. The molecule has 0 bridgehead atoms. The van der Waals surface area contributed by atoms with Gasteiger partial charge >= 0.3 is 0 Å². The van der Waals surface area contributed by atoms with Crippen molar-refractivity contribution in [2.75, 3.05) is 19.7 Å². The minimum Gasteiger partial charge on any atom is -0.494 e. The number of fused-ring (bicyclic) bond motifs is 1. The van der Waals surface area contributed by atoms with Gasteiger partial charge in [0, 0.05) is 30.3 Å². The van der Waals surface area contributed by atoms with E-state index < -0.39 is 0 Å². The molecule has 0 atom stereocenters. The Labute approximate surface area is 176 Å². The van der Waals surface area contributed by atoms with Crippen LogP contribution in [-0.2, 0) is 0 Å². The largest absolute Gasteiger partial charge is 0.494 e. The Kier molecular flexibility index (Phi) is 5.98. The lowest BCUT2D eigenvalue weighted by atomic mass is 10.0. The highest BCUT2D eigenvalue weighted by Gasteiger charge is 2.25. The van der Waals surface area contributed by atoms with Crippen LogP contribution in [-0.4, -0.2) is 42.5 Å². The Balaban J connectivity index is 1.32. The molecule has 4 rings (SSSR count). The summed E-state index contributed by atoms with van der Waals surface area (Å²) in [5.41, 5.74) is 1.33. The van der Waals surface area contributed by atoms with Gasteiger partial charge in [0.15, 0.2) is 0 Å². The summed E-state index contributed by atoms with van der Waals surface area (Å²) in [5.74, 6) is 0.735. The van der Waals surface area contributed by atoms with Crippen molar-refractivity contribution in [2.24, 2.45) is 0 Å². The molecular weight excluding hydrogens is 376 g/mol. The van der Waals surface area contributed by atoms with Crippen LogP contribution in [0.3, 0.4) is 0 Å². The van der Waals surface area contributed by atoms with Crippen molar-refractivity contribution < 1.29 is 14.3 Å². The van der Waals surface area contributed by atoms with Crippen molar-refractivity contribution in [3.05, 3.63) is 77.9 Å². The number of benzene rings is 3. The first-order valence-corrected chi connectivity index (χ1v) is 10.5. The Bertz CT molecular complexity index is 1040. The quantitative estimate of drug-likeness (QED) is 0.693. The molecule has 3 aromatic carbocycles. The first-order chi connectivity index (χ1) is 14.6. The molecule has 1 fully saturated rings. The molecule has 30 heavy (non-hydrogen) atoms. The second-order valence-corrected chi connectivity index (χ2v) is 7.56. The number of likely N-dealkylation sites (tertiary alicyclic amines) is 1. The monoisotopic (exact) mass is 402 g/mol. The molecular formula is C25H26N2O3. The number of nitrogens with one attached hydrogen (secondary N) is 1. The van der Waals surface area contributed by atoms with E-state index in [1.165, 1.54) is 0 Å². The topological polar surface area (TPSA) is 58.6 Å². The average molecular weight is 402 g/mol. The molecule has 0 radical (unpaired) electrons. The summed E-state index contributed by atoms with van der Waals surface area (Å²) >= 11 is 0. The van der Waals surface area contributed by atoms with Gasteiger partial charge in [-0.05, 0) is 66.9 Å². The second-order valence-electron chi connectivity index (χ2n) is 7.56. The molecule has 0 spiro atoms. The van der Waals surface area contributed by atoms with Gasteiger partial charge in [-0.1, -0.05) is 30.3 Å². The molecule has 154 valence electrons. The molecule has 5 heteroatoms. The van der Waals surface area contributed by atoms with Crippen molar-refractivity contribution in [1.29, 1.82) is 0 Å². The molecule has 0 saturated carbocycles. The summed E-state index contributed by atoms with van der Waals surface area (Å²) in [4.78, 5) is 27.3. The third kappa shape index (κ3) is 4.46. The lowest BCUT2D eigenvalue weighted by Gasteiger charge is -2.32. The molecule has 5 nitrogen and oxygen atoms in total. The molecule has 0 aliphatic carbocycles. The summed E-state index contributed by atoms with van der Waals surface area (Å²) in [5, 5.41) is 5.30. The molecule has 0 aromatic heterocycles. The van der Waals surface area contributed by atoms with Crippen LogP contribution < -0.4 is 10.1 Å². The molecule has 0 unspecified atom stereocenters. The van der Waals surface area contributed by atoms with Crippen molar-refractivity contribution in [2.45, 2.75) is 25.8 Å². The number of hydrogen-bond donors (Lipinski definition) is 1. The first-order valence-electron chi connectivity index (χ1n) is 10.5. The Morgan fingerprint density at radius 3 is 2.30 bits per heavy atom. The minimum absolute atomic E-state index is 0.0253. The molecule has 1 saturated heterocycles. The van der Waals surface area contributed by atoms with Gasteiger partial charge in [-0.25, -0.2) is 0 Å².